The number of hydrogen-bond donors (Lipinski definition) is 1. The van der Waals surface area contributed by atoms with Gasteiger partial charge in [0.2, 0.25) is 0 Å². The predicted octanol–water partition coefficient (Wildman–Crippen LogP) is 4.22. The maximum Gasteiger partial charge on any atom is 0.337 e. The molecule has 0 spiro atoms. The molecule has 32 heavy (non-hydrogen) atoms. The number of benzene rings is 3. The molecule has 0 radical (unpaired) electrons. The van der Waals surface area contributed by atoms with Gasteiger partial charge in [-0.2, -0.15) is 0 Å². The van der Waals surface area contributed by atoms with Crippen LogP contribution in [-0.2, 0) is 4.74 Å². The van der Waals surface area contributed by atoms with Crippen LogP contribution in [0, 0.1) is 0 Å². The Balaban J connectivity index is 1.27. The summed E-state index contributed by atoms with van der Waals surface area (Å²) in [6.45, 7) is 0.975. The van der Waals surface area contributed by atoms with Crippen molar-refractivity contribution in [1.29, 1.82) is 0 Å². The van der Waals surface area contributed by atoms with Crippen LogP contribution in [0.25, 0.3) is 22.3 Å². The lowest BCUT2D eigenvalue weighted by molar-refractivity contribution is 0.0600. The summed E-state index contributed by atoms with van der Waals surface area (Å²) in [6, 6.07) is 21.5. The number of nitrogens with zero attached hydrogens (tertiary/aromatic N) is 1. The van der Waals surface area contributed by atoms with Gasteiger partial charge in [0, 0.05) is 12.0 Å². The summed E-state index contributed by atoms with van der Waals surface area (Å²) in [6.07, 6.45) is 0.694. The first-order valence-corrected chi connectivity index (χ1v) is 10.2. The summed E-state index contributed by atoms with van der Waals surface area (Å²) in [4.78, 5) is 31.0. The van der Waals surface area contributed by atoms with E-state index in [4.69, 9.17) is 9.47 Å². The first-order valence-electron chi connectivity index (χ1n) is 10.2. The normalized spacial score (nSPS) is 10.7. The highest BCUT2D eigenvalue weighted by molar-refractivity contribution is 5.89. The number of ether oxygens (including phenoxy) is 3. The molecule has 0 saturated heterocycles. The SMILES string of the molecule is COC(=O)c1ccc(OCCCOc2ccc(-c3nc4ccccc4c(=O)[nH]3)cc2)cc1. The molecule has 0 saturated carbocycles. The van der Waals surface area contributed by atoms with Crippen molar-refractivity contribution in [3.05, 3.63) is 88.7 Å². The van der Waals surface area contributed by atoms with Crippen LogP contribution in [0.5, 0.6) is 11.5 Å². The summed E-state index contributed by atoms with van der Waals surface area (Å²) in [5, 5.41) is 0.567. The lowest BCUT2D eigenvalue weighted by Crippen LogP contribution is -2.09. The van der Waals surface area contributed by atoms with Crippen molar-refractivity contribution in [2.45, 2.75) is 6.42 Å². The molecule has 0 bridgehead atoms. The summed E-state index contributed by atoms with van der Waals surface area (Å²) >= 11 is 0. The van der Waals surface area contributed by atoms with E-state index in [-0.39, 0.29) is 11.5 Å². The summed E-state index contributed by atoms with van der Waals surface area (Å²) in [5.41, 5.74) is 1.78. The third-order valence-electron chi connectivity index (χ3n) is 4.84. The van der Waals surface area contributed by atoms with Crippen molar-refractivity contribution in [2.24, 2.45) is 0 Å². The topological polar surface area (TPSA) is 90.5 Å². The molecule has 7 heteroatoms. The first kappa shape index (κ1) is 21.1. The standard InChI is InChI=1S/C25H22N2O5/c1-30-25(29)18-9-13-20(14-10-18)32-16-4-15-31-19-11-7-17(8-12-19)23-26-22-6-3-2-5-21(22)24(28)27-23/h2-3,5-14H,4,15-16H2,1H3,(H,26,27,28). The monoisotopic (exact) mass is 430 g/mol. The number of aromatic nitrogens is 2. The molecule has 0 aliphatic heterocycles. The van der Waals surface area contributed by atoms with Crippen molar-refractivity contribution < 1.29 is 19.0 Å². The molecule has 0 atom stereocenters. The Morgan fingerprint density at radius 2 is 1.50 bits per heavy atom. The zero-order chi connectivity index (χ0) is 22.3. The zero-order valence-electron chi connectivity index (χ0n) is 17.5. The zero-order valence-corrected chi connectivity index (χ0v) is 17.5. The highest BCUT2D eigenvalue weighted by atomic mass is 16.5. The van der Waals surface area contributed by atoms with Crippen LogP contribution < -0.4 is 15.0 Å². The number of H-pyrrole nitrogens is 1. The van der Waals surface area contributed by atoms with Gasteiger partial charge < -0.3 is 19.2 Å². The predicted molar refractivity (Wildman–Crippen MR) is 121 cm³/mol. The number of esters is 1. The number of nitrogens with one attached hydrogen (secondary N) is 1. The van der Waals surface area contributed by atoms with Gasteiger partial charge in [0.05, 0.1) is 36.8 Å². The highest BCUT2D eigenvalue weighted by Gasteiger charge is 2.07. The van der Waals surface area contributed by atoms with Crippen LogP contribution >= 0.6 is 0 Å². The van der Waals surface area contributed by atoms with Crippen molar-refractivity contribution in [1.82, 2.24) is 9.97 Å². The molecule has 0 aliphatic carbocycles. The number of para-hydroxylation sites is 1. The molecule has 1 N–H and O–H groups in total. The number of aromatic amines is 1. The fraction of sp³-hybridized carbons (Fsp3) is 0.160. The van der Waals surface area contributed by atoms with Crippen LogP contribution in [0.15, 0.2) is 77.6 Å². The van der Waals surface area contributed by atoms with Crippen LogP contribution in [0.2, 0.25) is 0 Å². The maximum absolute atomic E-state index is 12.3. The van der Waals surface area contributed by atoms with E-state index >= 15 is 0 Å². The number of hydrogen-bond acceptors (Lipinski definition) is 6. The molecule has 4 rings (SSSR count). The van der Waals surface area contributed by atoms with Crippen LogP contribution in [0.4, 0.5) is 0 Å². The molecule has 0 fully saturated rings. The molecular weight excluding hydrogens is 408 g/mol. The van der Waals surface area contributed by atoms with E-state index in [1.165, 1.54) is 7.11 Å². The van der Waals surface area contributed by atoms with Crippen LogP contribution in [0.3, 0.4) is 0 Å². The Hall–Kier alpha value is -4.13. The smallest absolute Gasteiger partial charge is 0.337 e. The Morgan fingerprint density at radius 3 is 2.16 bits per heavy atom. The third-order valence-corrected chi connectivity index (χ3v) is 4.84. The molecule has 3 aromatic carbocycles. The van der Waals surface area contributed by atoms with Gasteiger partial charge in [-0.15, -0.1) is 0 Å². The lowest BCUT2D eigenvalue weighted by atomic mass is 10.2. The summed E-state index contributed by atoms with van der Waals surface area (Å²) < 4.78 is 16.1. The van der Waals surface area contributed by atoms with Crippen molar-refractivity contribution in [3.63, 3.8) is 0 Å². The van der Waals surface area contributed by atoms with Gasteiger partial charge in [0.1, 0.15) is 17.3 Å². The second kappa shape index (κ2) is 9.78. The Labute approximate surface area is 184 Å². The number of carbonyl (C=O) groups is 1. The molecule has 1 heterocycles. The molecular formula is C25H22N2O5. The molecule has 1 aromatic heterocycles. The van der Waals surface area contributed by atoms with Crippen molar-refractivity contribution >= 4 is 16.9 Å². The summed E-state index contributed by atoms with van der Waals surface area (Å²) in [5.74, 6) is 1.55. The van der Waals surface area contributed by atoms with Gasteiger partial charge in [0.15, 0.2) is 0 Å². The van der Waals surface area contributed by atoms with Crippen LogP contribution in [0.1, 0.15) is 16.8 Å². The lowest BCUT2D eigenvalue weighted by Gasteiger charge is -2.09. The fourth-order valence-electron chi connectivity index (χ4n) is 3.18. The van der Waals surface area contributed by atoms with Crippen molar-refractivity contribution in [3.8, 4) is 22.9 Å². The number of carbonyl (C=O) groups excluding carboxylic acids is 1. The van der Waals surface area contributed by atoms with Gasteiger partial charge in [-0.05, 0) is 60.7 Å². The van der Waals surface area contributed by atoms with Gasteiger partial charge in [-0.3, -0.25) is 4.79 Å². The summed E-state index contributed by atoms with van der Waals surface area (Å²) in [7, 11) is 1.35. The Bertz CT molecular complexity index is 1260. The molecule has 162 valence electrons. The van der Waals surface area contributed by atoms with Gasteiger partial charge in [-0.25, -0.2) is 9.78 Å². The second-order valence-corrected chi connectivity index (χ2v) is 7.02. The van der Waals surface area contributed by atoms with E-state index in [1.54, 1.807) is 30.3 Å². The molecule has 7 nitrogen and oxygen atoms in total. The van der Waals surface area contributed by atoms with Crippen LogP contribution in [-0.4, -0.2) is 36.3 Å². The average Bonchev–Trinajstić information content (AvgIpc) is 2.84. The molecule has 0 unspecified atom stereocenters. The second-order valence-electron chi connectivity index (χ2n) is 7.02. The van der Waals surface area contributed by atoms with Gasteiger partial charge >= 0.3 is 5.97 Å². The van der Waals surface area contributed by atoms with Gasteiger partial charge in [-0.1, -0.05) is 12.1 Å². The van der Waals surface area contributed by atoms with E-state index in [1.807, 2.05) is 42.5 Å². The number of rotatable bonds is 8. The Kier molecular flexibility index (Phi) is 6.46. The Morgan fingerprint density at radius 1 is 0.875 bits per heavy atom. The molecule has 4 aromatic rings. The van der Waals surface area contributed by atoms with E-state index in [2.05, 4.69) is 14.7 Å². The highest BCUT2D eigenvalue weighted by Crippen LogP contribution is 2.20. The fourth-order valence-corrected chi connectivity index (χ4v) is 3.18. The molecule has 0 amide bonds. The average molecular weight is 430 g/mol. The van der Waals surface area contributed by atoms with E-state index < -0.39 is 0 Å². The molecule has 0 aliphatic rings. The van der Waals surface area contributed by atoms with E-state index in [0.717, 1.165) is 11.3 Å². The third kappa shape index (κ3) is 4.95. The number of fused-ring (bicyclic) bond motifs is 1. The quantitative estimate of drug-likeness (QED) is 0.332. The minimum absolute atomic E-state index is 0.161. The minimum atomic E-state index is -0.376. The van der Waals surface area contributed by atoms with Gasteiger partial charge in [0.25, 0.3) is 5.56 Å². The maximum atomic E-state index is 12.3. The van der Waals surface area contributed by atoms with E-state index in [9.17, 15) is 9.59 Å². The first-order chi connectivity index (χ1) is 15.6. The minimum Gasteiger partial charge on any atom is -0.493 e. The van der Waals surface area contributed by atoms with E-state index in [0.29, 0.717) is 47.7 Å². The number of methoxy groups -OCH3 is 1. The van der Waals surface area contributed by atoms with Crippen molar-refractivity contribution in [2.75, 3.05) is 20.3 Å². The largest absolute Gasteiger partial charge is 0.493 e.